The van der Waals surface area contributed by atoms with Gasteiger partial charge in [0.15, 0.2) is 12.4 Å². The molecule has 0 aliphatic rings. The van der Waals surface area contributed by atoms with Crippen LogP contribution in [0.25, 0.3) is 33.3 Å². The summed E-state index contributed by atoms with van der Waals surface area (Å²) in [5.74, 6) is -0.970. The molecule has 5 rings (SSSR count). The fourth-order valence-corrected chi connectivity index (χ4v) is 4.17. The van der Waals surface area contributed by atoms with E-state index in [1.54, 1.807) is 54.6 Å². The predicted molar refractivity (Wildman–Crippen MR) is 145 cm³/mol. The molecule has 5 aromatic rings. The number of benzene rings is 4. The van der Waals surface area contributed by atoms with Crippen LogP contribution in [-0.2, 0) is 4.74 Å². The van der Waals surface area contributed by atoms with Crippen LogP contribution in [0.4, 0.5) is 5.69 Å². The Bertz CT molecular complexity index is 1670. The number of nitro groups is 1. The molecule has 4 aromatic carbocycles. The highest BCUT2D eigenvalue weighted by atomic mass is 35.5. The second kappa shape index (κ2) is 10.6. The number of esters is 1. The Labute approximate surface area is 222 Å². The predicted octanol–water partition coefficient (Wildman–Crippen LogP) is 7.17. The van der Waals surface area contributed by atoms with Crippen molar-refractivity contribution in [3.63, 3.8) is 0 Å². The zero-order valence-corrected chi connectivity index (χ0v) is 20.6. The minimum absolute atomic E-state index is 0.00415. The highest BCUT2D eigenvalue weighted by Gasteiger charge is 2.16. The minimum Gasteiger partial charge on any atom is -0.454 e. The molecule has 1 aromatic heterocycles. The Kier molecular flexibility index (Phi) is 6.93. The SMILES string of the molecule is O=C(COC(=O)c1ccc2nc(-c3ccc([N+](=O)[O-])cc3)cc(-c3ccccc3)c2c1)c1ccc(Cl)cc1. The van der Waals surface area contributed by atoms with Crippen molar-refractivity contribution in [2.45, 2.75) is 0 Å². The zero-order valence-electron chi connectivity index (χ0n) is 19.8. The van der Waals surface area contributed by atoms with Crippen molar-refractivity contribution in [2.75, 3.05) is 6.61 Å². The lowest BCUT2D eigenvalue weighted by molar-refractivity contribution is -0.384. The Morgan fingerprint density at radius 3 is 2.18 bits per heavy atom. The molecular weight excluding hydrogens is 504 g/mol. The third-order valence-electron chi connectivity index (χ3n) is 6.00. The molecule has 8 heteroatoms. The summed E-state index contributed by atoms with van der Waals surface area (Å²) in [4.78, 5) is 40.6. The highest BCUT2D eigenvalue weighted by molar-refractivity contribution is 6.30. The Morgan fingerprint density at radius 2 is 1.50 bits per heavy atom. The van der Waals surface area contributed by atoms with Crippen LogP contribution in [0.2, 0.25) is 5.02 Å². The van der Waals surface area contributed by atoms with Gasteiger partial charge >= 0.3 is 5.97 Å². The first-order valence-corrected chi connectivity index (χ1v) is 12.0. The van der Waals surface area contributed by atoms with E-state index < -0.39 is 17.5 Å². The van der Waals surface area contributed by atoms with Gasteiger partial charge in [-0.05, 0) is 71.8 Å². The van der Waals surface area contributed by atoms with Gasteiger partial charge in [-0.1, -0.05) is 41.9 Å². The lowest BCUT2D eigenvalue weighted by atomic mass is 9.97. The fraction of sp³-hybridized carbons (Fsp3) is 0.0333. The van der Waals surface area contributed by atoms with Crippen molar-refractivity contribution in [1.29, 1.82) is 0 Å². The molecule has 0 amide bonds. The van der Waals surface area contributed by atoms with Crippen LogP contribution in [0.15, 0.2) is 103 Å². The number of carbonyl (C=O) groups excluding carboxylic acids is 2. The maximum atomic E-state index is 12.8. The molecule has 1 heterocycles. The molecule has 0 atom stereocenters. The third kappa shape index (κ3) is 5.28. The van der Waals surface area contributed by atoms with Crippen LogP contribution >= 0.6 is 11.6 Å². The lowest BCUT2D eigenvalue weighted by Gasteiger charge is -2.12. The van der Waals surface area contributed by atoms with Crippen LogP contribution in [0.5, 0.6) is 0 Å². The van der Waals surface area contributed by atoms with Crippen molar-refractivity contribution in [3.05, 3.63) is 129 Å². The fourth-order valence-electron chi connectivity index (χ4n) is 4.04. The van der Waals surface area contributed by atoms with E-state index in [2.05, 4.69) is 0 Å². The summed E-state index contributed by atoms with van der Waals surface area (Å²) in [6, 6.07) is 29.1. The minimum atomic E-state index is -0.632. The number of nitro benzene ring substituents is 1. The molecule has 0 spiro atoms. The van der Waals surface area contributed by atoms with Crippen LogP contribution in [0.1, 0.15) is 20.7 Å². The number of carbonyl (C=O) groups is 2. The summed E-state index contributed by atoms with van der Waals surface area (Å²) in [6.45, 7) is -0.401. The Hall–Kier alpha value is -4.88. The zero-order chi connectivity index (χ0) is 26.6. The van der Waals surface area contributed by atoms with E-state index in [1.165, 1.54) is 12.1 Å². The molecule has 186 valence electrons. The maximum Gasteiger partial charge on any atom is 0.338 e. The summed E-state index contributed by atoms with van der Waals surface area (Å²) in [6.07, 6.45) is 0. The van der Waals surface area contributed by atoms with Gasteiger partial charge < -0.3 is 4.74 Å². The van der Waals surface area contributed by atoms with Crippen LogP contribution < -0.4 is 0 Å². The van der Waals surface area contributed by atoms with Gasteiger partial charge in [-0.25, -0.2) is 9.78 Å². The molecule has 0 N–H and O–H groups in total. The van der Waals surface area contributed by atoms with Gasteiger partial charge in [0.25, 0.3) is 5.69 Å². The number of pyridine rings is 1. The number of ether oxygens (including phenoxy) is 1. The van der Waals surface area contributed by atoms with Crippen molar-refractivity contribution in [3.8, 4) is 22.4 Å². The van der Waals surface area contributed by atoms with Crippen molar-refractivity contribution >= 4 is 39.9 Å². The van der Waals surface area contributed by atoms with Crippen LogP contribution in [0, 0.1) is 10.1 Å². The molecule has 0 aliphatic heterocycles. The van der Waals surface area contributed by atoms with Gasteiger partial charge in [0.05, 0.1) is 21.7 Å². The number of nitrogens with zero attached hydrogens (tertiary/aromatic N) is 2. The Balaban J connectivity index is 1.48. The van der Waals surface area contributed by atoms with Gasteiger partial charge in [-0.2, -0.15) is 0 Å². The largest absolute Gasteiger partial charge is 0.454 e. The average molecular weight is 523 g/mol. The average Bonchev–Trinajstić information content (AvgIpc) is 2.95. The van der Waals surface area contributed by atoms with Gasteiger partial charge in [0.1, 0.15) is 0 Å². The summed E-state index contributed by atoms with van der Waals surface area (Å²) in [5, 5.41) is 12.3. The van der Waals surface area contributed by atoms with E-state index in [0.717, 1.165) is 22.1 Å². The van der Waals surface area contributed by atoms with Gasteiger partial charge in [0, 0.05) is 33.7 Å². The molecule has 7 nitrogen and oxygen atoms in total. The molecule has 0 unspecified atom stereocenters. The van der Waals surface area contributed by atoms with E-state index in [1.807, 2.05) is 36.4 Å². The smallest absolute Gasteiger partial charge is 0.338 e. The van der Waals surface area contributed by atoms with Crippen molar-refractivity contribution < 1.29 is 19.2 Å². The number of ketones is 1. The Morgan fingerprint density at radius 1 is 0.816 bits per heavy atom. The standard InChI is InChI=1S/C30H19ClN2O5/c31-23-11-6-21(7-12-23)29(34)18-38-30(35)22-10-15-27-26(16-22)25(19-4-2-1-3-5-19)17-28(32-27)20-8-13-24(14-9-20)33(36)37/h1-17H,18H2. The molecule has 0 bridgehead atoms. The normalized spacial score (nSPS) is 10.8. The van der Waals surface area contributed by atoms with E-state index in [4.69, 9.17) is 21.3 Å². The molecule has 38 heavy (non-hydrogen) atoms. The van der Waals surface area contributed by atoms with Gasteiger partial charge in [0.2, 0.25) is 0 Å². The van der Waals surface area contributed by atoms with Crippen LogP contribution in [-0.4, -0.2) is 28.3 Å². The molecule has 0 saturated heterocycles. The topological polar surface area (TPSA) is 99.4 Å². The molecular formula is C30H19ClN2O5. The first kappa shape index (κ1) is 24.8. The number of non-ortho nitro benzene ring substituents is 1. The quantitative estimate of drug-likeness (QED) is 0.0972. The number of hydrogen-bond donors (Lipinski definition) is 0. The van der Waals surface area contributed by atoms with Gasteiger partial charge in [-0.3, -0.25) is 14.9 Å². The van der Waals surface area contributed by atoms with E-state index in [-0.39, 0.29) is 17.0 Å². The summed E-state index contributed by atoms with van der Waals surface area (Å²) in [7, 11) is 0. The van der Waals surface area contributed by atoms with Crippen molar-refractivity contribution in [2.24, 2.45) is 0 Å². The summed E-state index contributed by atoms with van der Waals surface area (Å²) in [5.41, 5.74) is 4.40. The van der Waals surface area contributed by atoms with E-state index in [0.29, 0.717) is 21.8 Å². The van der Waals surface area contributed by atoms with Crippen LogP contribution in [0.3, 0.4) is 0 Å². The maximum absolute atomic E-state index is 12.8. The number of halogens is 1. The van der Waals surface area contributed by atoms with Gasteiger partial charge in [-0.15, -0.1) is 0 Å². The first-order chi connectivity index (χ1) is 18.4. The molecule has 0 fully saturated rings. The van der Waals surface area contributed by atoms with Crippen molar-refractivity contribution in [1.82, 2.24) is 4.98 Å². The number of hydrogen-bond acceptors (Lipinski definition) is 6. The number of fused-ring (bicyclic) bond motifs is 1. The second-order valence-corrected chi connectivity index (χ2v) is 8.90. The molecule has 0 aliphatic carbocycles. The second-order valence-electron chi connectivity index (χ2n) is 8.46. The summed E-state index contributed by atoms with van der Waals surface area (Å²) >= 11 is 5.86. The summed E-state index contributed by atoms with van der Waals surface area (Å²) < 4.78 is 5.30. The van der Waals surface area contributed by atoms with E-state index in [9.17, 15) is 19.7 Å². The first-order valence-electron chi connectivity index (χ1n) is 11.6. The third-order valence-corrected chi connectivity index (χ3v) is 6.26. The van der Waals surface area contributed by atoms with E-state index >= 15 is 0 Å². The highest BCUT2D eigenvalue weighted by Crippen LogP contribution is 2.33. The number of Topliss-reactive ketones (excluding diaryl/α,β-unsaturated/α-hetero) is 1. The number of rotatable bonds is 7. The number of aromatic nitrogens is 1. The molecule has 0 saturated carbocycles. The molecule has 0 radical (unpaired) electrons. The lowest BCUT2D eigenvalue weighted by Crippen LogP contribution is -2.14. The monoisotopic (exact) mass is 522 g/mol.